The molecule has 0 aromatic rings. The van der Waals surface area contributed by atoms with Crippen molar-refractivity contribution in [3.63, 3.8) is 0 Å². The Hall–Kier alpha value is -0.0800. The monoisotopic (exact) mass is 285 g/mol. The smallest absolute Gasteiger partial charge is 0.0555 e. The van der Waals surface area contributed by atoms with Crippen LogP contribution >= 0.6 is 0 Å². The molecule has 0 aliphatic carbocycles. The molecule has 20 heavy (non-hydrogen) atoms. The van der Waals surface area contributed by atoms with Crippen LogP contribution in [0.5, 0.6) is 0 Å². The summed E-state index contributed by atoms with van der Waals surface area (Å²) in [6.45, 7) is 4.36. The molecule has 2 heteroatoms. The average Bonchev–Trinajstić information content (AvgIpc) is 2.47. The number of unbranched alkanes of at least 4 members (excludes halogenated alkanes) is 13. The van der Waals surface area contributed by atoms with E-state index in [9.17, 15) is 0 Å². The van der Waals surface area contributed by atoms with E-state index in [1.165, 1.54) is 89.9 Å². The van der Waals surface area contributed by atoms with Gasteiger partial charge in [-0.2, -0.15) is 0 Å². The summed E-state index contributed by atoms with van der Waals surface area (Å²) in [7, 11) is 0. The molecule has 122 valence electrons. The highest BCUT2D eigenvalue weighted by molar-refractivity contribution is 4.51. The summed E-state index contributed by atoms with van der Waals surface area (Å²) in [5, 5.41) is 11.8. The zero-order chi connectivity index (χ0) is 14.7. The zero-order valence-electron chi connectivity index (χ0n) is 14.0. The Morgan fingerprint density at radius 1 is 0.550 bits per heavy atom. The predicted molar refractivity (Wildman–Crippen MR) is 90.3 cm³/mol. The van der Waals surface area contributed by atoms with Gasteiger partial charge >= 0.3 is 0 Å². The number of aliphatic hydroxyl groups is 1. The first-order valence-corrected chi connectivity index (χ1v) is 9.23. The van der Waals surface area contributed by atoms with Gasteiger partial charge in [0.25, 0.3) is 0 Å². The highest BCUT2D eigenvalue weighted by Gasteiger charge is 1.94. The maximum absolute atomic E-state index is 8.62. The Kier molecular flexibility index (Phi) is 18.8. The van der Waals surface area contributed by atoms with Crippen LogP contribution in [0, 0.1) is 0 Å². The van der Waals surface area contributed by atoms with Crippen molar-refractivity contribution in [2.45, 2.75) is 96.8 Å². The SMILES string of the molecule is CCCCCCCCCCCCCCCCNCCO. The number of nitrogens with one attached hydrogen (secondary N) is 1. The zero-order valence-corrected chi connectivity index (χ0v) is 14.0. The Balaban J connectivity index is 2.89. The molecule has 2 N–H and O–H groups in total. The van der Waals surface area contributed by atoms with Gasteiger partial charge in [-0.05, 0) is 13.0 Å². The van der Waals surface area contributed by atoms with Gasteiger partial charge in [-0.15, -0.1) is 0 Å². The third-order valence-electron chi connectivity index (χ3n) is 4.00. The maximum atomic E-state index is 8.62. The fourth-order valence-electron chi connectivity index (χ4n) is 2.65. The van der Waals surface area contributed by atoms with Gasteiger partial charge in [0, 0.05) is 6.54 Å². The molecule has 0 atom stereocenters. The summed E-state index contributed by atoms with van der Waals surface area (Å²) in [5.41, 5.74) is 0. The molecular weight excluding hydrogens is 246 g/mol. The van der Waals surface area contributed by atoms with Crippen LogP contribution in [-0.4, -0.2) is 24.8 Å². The van der Waals surface area contributed by atoms with Crippen molar-refractivity contribution >= 4 is 0 Å². The molecule has 0 aromatic carbocycles. The van der Waals surface area contributed by atoms with Gasteiger partial charge in [0.05, 0.1) is 6.61 Å². The molecule has 0 bridgehead atoms. The minimum atomic E-state index is 0.263. The van der Waals surface area contributed by atoms with Gasteiger partial charge in [0.2, 0.25) is 0 Å². The second-order valence-corrected chi connectivity index (χ2v) is 6.07. The molecule has 0 heterocycles. The van der Waals surface area contributed by atoms with E-state index in [1.807, 2.05) is 0 Å². The molecule has 0 aliphatic rings. The largest absolute Gasteiger partial charge is 0.395 e. The predicted octanol–water partition coefficient (Wildman–Crippen LogP) is 5.05. The van der Waals surface area contributed by atoms with Crippen LogP contribution in [0.4, 0.5) is 0 Å². The van der Waals surface area contributed by atoms with Gasteiger partial charge in [0.1, 0.15) is 0 Å². The van der Waals surface area contributed by atoms with Gasteiger partial charge in [-0.1, -0.05) is 90.4 Å². The second-order valence-electron chi connectivity index (χ2n) is 6.07. The quantitative estimate of drug-likeness (QED) is 0.367. The van der Waals surface area contributed by atoms with Gasteiger partial charge < -0.3 is 10.4 Å². The van der Waals surface area contributed by atoms with Gasteiger partial charge in [0.15, 0.2) is 0 Å². The van der Waals surface area contributed by atoms with Crippen molar-refractivity contribution < 1.29 is 5.11 Å². The van der Waals surface area contributed by atoms with Crippen LogP contribution < -0.4 is 5.32 Å². The summed E-state index contributed by atoms with van der Waals surface area (Å²) in [5.74, 6) is 0. The van der Waals surface area contributed by atoms with E-state index < -0.39 is 0 Å². The number of hydrogen-bond donors (Lipinski definition) is 2. The number of aliphatic hydroxyl groups excluding tert-OH is 1. The van der Waals surface area contributed by atoms with Crippen molar-refractivity contribution in [1.82, 2.24) is 5.32 Å². The lowest BCUT2D eigenvalue weighted by Crippen LogP contribution is -2.19. The van der Waals surface area contributed by atoms with Gasteiger partial charge in [-0.3, -0.25) is 0 Å². The second kappa shape index (κ2) is 18.9. The molecule has 0 unspecified atom stereocenters. The first-order valence-electron chi connectivity index (χ1n) is 9.23. The molecule has 0 aliphatic heterocycles. The summed E-state index contributed by atoms with van der Waals surface area (Å²) in [6.07, 6.45) is 19.8. The number of rotatable bonds is 17. The maximum Gasteiger partial charge on any atom is 0.0555 e. The molecule has 0 amide bonds. The van der Waals surface area contributed by atoms with E-state index in [-0.39, 0.29) is 6.61 Å². The highest BCUT2D eigenvalue weighted by atomic mass is 16.3. The normalized spacial score (nSPS) is 11.1. The molecule has 0 aromatic heterocycles. The summed E-state index contributed by atoms with van der Waals surface area (Å²) < 4.78 is 0. The van der Waals surface area contributed by atoms with E-state index in [1.54, 1.807) is 0 Å². The van der Waals surface area contributed by atoms with Crippen LogP contribution in [0.2, 0.25) is 0 Å². The van der Waals surface area contributed by atoms with E-state index in [0.29, 0.717) is 0 Å². The molecule has 0 spiro atoms. The highest BCUT2D eigenvalue weighted by Crippen LogP contribution is 2.12. The van der Waals surface area contributed by atoms with Crippen molar-refractivity contribution in [1.29, 1.82) is 0 Å². The van der Waals surface area contributed by atoms with Crippen LogP contribution in [0.15, 0.2) is 0 Å². The number of hydrogen-bond acceptors (Lipinski definition) is 2. The Labute approximate surface area is 127 Å². The standard InChI is InChI=1S/C18H39NO/c1-2-3-4-5-6-7-8-9-10-11-12-13-14-15-16-19-17-18-20/h19-20H,2-18H2,1H3. The average molecular weight is 286 g/mol. The minimum absolute atomic E-state index is 0.263. The molecule has 0 saturated heterocycles. The summed E-state index contributed by atoms with van der Waals surface area (Å²) in [4.78, 5) is 0. The fourth-order valence-corrected chi connectivity index (χ4v) is 2.65. The van der Waals surface area contributed by atoms with Crippen LogP contribution in [-0.2, 0) is 0 Å². The van der Waals surface area contributed by atoms with Crippen molar-refractivity contribution in [2.24, 2.45) is 0 Å². The molecule has 0 rings (SSSR count). The van der Waals surface area contributed by atoms with Crippen LogP contribution in [0.3, 0.4) is 0 Å². The van der Waals surface area contributed by atoms with E-state index >= 15 is 0 Å². The molecule has 0 fully saturated rings. The minimum Gasteiger partial charge on any atom is -0.395 e. The van der Waals surface area contributed by atoms with Gasteiger partial charge in [-0.25, -0.2) is 0 Å². The topological polar surface area (TPSA) is 32.3 Å². The lowest BCUT2D eigenvalue weighted by molar-refractivity contribution is 0.292. The molecule has 2 nitrogen and oxygen atoms in total. The first-order chi connectivity index (χ1) is 9.91. The first kappa shape index (κ1) is 19.9. The van der Waals surface area contributed by atoms with Crippen molar-refractivity contribution in [3.8, 4) is 0 Å². The van der Waals surface area contributed by atoms with Crippen LogP contribution in [0.25, 0.3) is 0 Å². The van der Waals surface area contributed by atoms with E-state index in [0.717, 1.165) is 13.1 Å². The van der Waals surface area contributed by atoms with Crippen LogP contribution in [0.1, 0.15) is 96.8 Å². The molecule has 0 radical (unpaired) electrons. The third kappa shape index (κ3) is 17.9. The Morgan fingerprint density at radius 2 is 0.950 bits per heavy atom. The van der Waals surface area contributed by atoms with Crippen molar-refractivity contribution in [3.05, 3.63) is 0 Å². The third-order valence-corrected chi connectivity index (χ3v) is 4.00. The fraction of sp³-hybridized carbons (Fsp3) is 1.00. The lowest BCUT2D eigenvalue weighted by atomic mass is 10.0. The lowest BCUT2D eigenvalue weighted by Gasteiger charge is -2.04. The summed E-state index contributed by atoms with van der Waals surface area (Å²) >= 11 is 0. The van der Waals surface area contributed by atoms with Crippen molar-refractivity contribution in [2.75, 3.05) is 19.7 Å². The van der Waals surface area contributed by atoms with E-state index in [2.05, 4.69) is 12.2 Å². The summed E-state index contributed by atoms with van der Waals surface area (Å²) in [6, 6.07) is 0. The Bertz CT molecular complexity index is 143. The molecular formula is C18H39NO. The Morgan fingerprint density at radius 3 is 1.35 bits per heavy atom. The van der Waals surface area contributed by atoms with E-state index in [4.69, 9.17) is 5.11 Å². The molecule has 0 saturated carbocycles.